The van der Waals surface area contributed by atoms with Gasteiger partial charge in [-0.25, -0.2) is 0 Å². The minimum Gasteiger partial charge on any atom is -0.496 e. The molecule has 2 aromatic carbocycles. The van der Waals surface area contributed by atoms with Crippen molar-refractivity contribution in [2.24, 2.45) is 5.92 Å². The third-order valence-electron chi connectivity index (χ3n) is 5.21. The van der Waals surface area contributed by atoms with Gasteiger partial charge in [-0.3, -0.25) is 9.69 Å². The summed E-state index contributed by atoms with van der Waals surface area (Å²) in [6, 6.07) is 12.1. The molecule has 1 saturated heterocycles. The van der Waals surface area contributed by atoms with E-state index in [1.165, 1.54) is 19.2 Å². The van der Waals surface area contributed by atoms with E-state index in [0.717, 1.165) is 11.6 Å². The number of rotatable bonds is 5. The zero-order valence-corrected chi connectivity index (χ0v) is 15.4. The minimum absolute atomic E-state index is 0.420. The number of nitrogens with zero attached hydrogens (tertiary/aromatic N) is 1. The summed E-state index contributed by atoms with van der Waals surface area (Å²) in [5, 5.41) is 9.24. The molecule has 1 atom stereocenters. The summed E-state index contributed by atoms with van der Waals surface area (Å²) in [6.07, 6.45) is -3.52. The Kier molecular flexibility index (Phi) is 5.93. The molecular weight excluding hydrogens is 371 g/mol. The number of hydrogen-bond donors (Lipinski definition) is 1. The van der Waals surface area contributed by atoms with Gasteiger partial charge in [0.15, 0.2) is 0 Å². The fourth-order valence-corrected chi connectivity index (χ4v) is 3.77. The quantitative estimate of drug-likeness (QED) is 0.807. The van der Waals surface area contributed by atoms with Gasteiger partial charge in [-0.2, -0.15) is 13.2 Å². The van der Waals surface area contributed by atoms with Crippen molar-refractivity contribution in [1.29, 1.82) is 0 Å². The summed E-state index contributed by atoms with van der Waals surface area (Å²) in [5.41, 5.74) is 0.566. The van der Waals surface area contributed by atoms with Crippen molar-refractivity contribution in [2.45, 2.75) is 25.1 Å². The Morgan fingerprint density at radius 2 is 1.82 bits per heavy atom. The third-order valence-corrected chi connectivity index (χ3v) is 5.21. The van der Waals surface area contributed by atoms with Gasteiger partial charge in [-0.1, -0.05) is 30.3 Å². The molecule has 1 heterocycles. The summed E-state index contributed by atoms with van der Waals surface area (Å²) < 4.78 is 45.2. The van der Waals surface area contributed by atoms with Crippen molar-refractivity contribution >= 4 is 5.97 Å². The number of carbonyl (C=O) groups is 1. The second-order valence-corrected chi connectivity index (χ2v) is 6.92. The van der Waals surface area contributed by atoms with E-state index in [-0.39, 0.29) is 0 Å². The van der Waals surface area contributed by atoms with Crippen LogP contribution in [0.15, 0.2) is 48.5 Å². The van der Waals surface area contributed by atoms with Gasteiger partial charge in [0.1, 0.15) is 5.75 Å². The number of hydrogen-bond acceptors (Lipinski definition) is 3. The Morgan fingerprint density at radius 1 is 1.14 bits per heavy atom. The first-order valence-corrected chi connectivity index (χ1v) is 9.08. The van der Waals surface area contributed by atoms with E-state index in [4.69, 9.17) is 4.74 Å². The van der Waals surface area contributed by atoms with Crippen LogP contribution in [0, 0.1) is 5.92 Å². The van der Waals surface area contributed by atoms with Crippen molar-refractivity contribution < 1.29 is 27.8 Å². The molecule has 1 unspecified atom stereocenters. The van der Waals surface area contributed by atoms with Gasteiger partial charge < -0.3 is 9.84 Å². The van der Waals surface area contributed by atoms with Gasteiger partial charge in [-0.05, 0) is 49.7 Å². The van der Waals surface area contributed by atoms with Crippen LogP contribution in [0.2, 0.25) is 0 Å². The van der Waals surface area contributed by atoms with Crippen molar-refractivity contribution in [3.8, 4) is 5.75 Å². The van der Waals surface area contributed by atoms with Crippen molar-refractivity contribution in [3.63, 3.8) is 0 Å². The average molecular weight is 393 g/mol. The number of ether oxygens (including phenoxy) is 1. The van der Waals surface area contributed by atoms with E-state index in [9.17, 15) is 23.1 Å². The number of halogens is 3. The van der Waals surface area contributed by atoms with E-state index in [1.54, 1.807) is 12.1 Å². The minimum atomic E-state index is -4.43. The van der Waals surface area contributed by atoms with E-state index in [0.29, 0.717) is 37.2 Å². The lowest BCUT2D eigenvalue weighted by molar-refractivity contribution is -0.143. The zero-order chi connectivity index (χ0) is 20.3. The predicted octanol–water partition coefficient (Wildman–Crippen LogP) is 4.60. The number of aliphatic carboxylic acids is 1. The fourth-order valence-electron chi connectivity index (χ4n) is 3.77. The maximum atomic E-state index is 13.3. The van der Waals surface area contributed by atoms with E-state index in [2.05, 4.69) is 0 Å². The molecule has 0 amide bonds. The van der Waals surface area contributed by atoms with Crippen LogP contribution in [0.5, 0.6) is 5.75 Å². The molecule has 0 bridgehead atoms. The molecule has 1 aliphatic rings. The van der Waals surface area contributed by atoms with Gasteiger partial charge in [0.05, 0.1) is 24.6 Å². The summed E-state index contributed by atoms with van der Waals surface area (Å²) in [4.78, 5) is 13.3. The van der Waals surface area contributed by atoms with Crippen molar-refractivity contribution in [1.82, 2.24) is 4.90 Å². The van der Waals surface area contributed by atoms with Crippen LogP contribution in [-0.2, 0) is 11.0 Å². The summed E-state index contributed by atoms with van der Waals surface area (Å²) in [6.45, 7) is 0.964. The topological polar surface area (TPSA) is 49.8 Å². The summed E-state index contributed by atoms with van der Waals surface area (Å²) in [7, 11) is 1.53. The monoisotopic (exact) mass is 393 g/mol. The van der Waals surface area contributed by atoms with Gasteiger partial charge in [-0.15, -0.1) is 0 Å². The summed E-state index contributed by atoms with van der Waals surface area (Å²) in [5.74, 6) is -0.658. The van der Waals surface area contributed by atoms with Crippen molar-refractivity contribution in [2.75, 3.05) is 20.2 Å². The van der Waals surface area contributed by atoms with Crippen LogP contribution in [0.1, 0.15) is 35.6 Å². The number of para-hydroxylation sites is 1. The molecule has 4 nitrogen and oxygen atoms in total. The molecule has 2 aromatic rings. The SMILES string of the molecule is COc1ccccc1C(c1cccc(C(F)(F)F)c1)N1CCC(C(=O)O)CC1. The molecule has 0 radical (unpaired) electrons. The van der Waals surface area contributed by atoms with E-state index >= 15 is 0 Å². The van der Waals surface area contributed by atoms with Gasteiger partial charge in [0.2, 0.25) is 0 Å². The largest absolute Gasteiger partial charge is 0.496 e. The fraction of sp³-hybridized carbons (Fsp3) is 0.381. The lowest BCUT2D eigenvalue weighted by Crippen LogP contribution is -2.39. The van der Waals surface area contributed by atoms with E-state index < -0.39 is 29.7 Å². The first-order valence-electron chi connectivity index (χ1n) is 9.08. The number of methoxy groups -OCH3 is 1. The highest BCUT2D eigenvalue weighted by Crippen LogP contribution is 2.39. The standard InChI is InChI=1S/C21H22F3NO3/c1-28-18-8-3-2-7-17(18)19(25-11-9-14(10-12-25)20(26)27)15-5-4-6-16(13-15)21(22,23)24/h2-8,13-14,19H,9-12H2,1H3,(H,26,27). The van der Waals surface area contributed by atoms with Crippen LogP contribution in [-0.4, -0.2) is 36.2 Å². The van der Waals surface area contributed by atoms with Gasteiger partial charge in [0.25, 0.3) is 0 Å². The third kappa shape index (κ3) is 4.30. The van der Waals surface area contributed by atoms with Crippen LogP contribution in [0.4, 0.5) is 13.2 Å². The van der Waals surface area contributed by atoms with Crippen LogP contribution in [0.25, 0.3) is 0 Å². The molecule has 1 N–H and O–H groups in total. The number of alkyl halides is 3. The molecule has 28 heavy (non-hydrogen) atoms. The zero-order valence-electron chi connectivity index (χ0n) is 15.4. The Hall–Kier alpha value is -2.54. The average Bonchev–Trinajstić information content (AvgIpc) is 2.68. The Bertz CT molecular complexity index is 830. The van der Waals surface area contributed by atoms with Crippen LogP contribution >= 0.6 is 0 Å². The molecule has 150 valence electrons. The predicted molar refractivity (Wildman–Crippen MR) is 98.2 cm³/mol. The lowest BCUT2D eigenvalue weighted by Gasteiger charge is -2.37. The Morgan fingerprint density at radius 3 is 2.43 bits per heavy atom. The first-order chi connectivity index (χ1) is 13.3. The maximum absolute atomic E-state index is 13.3. The molecule has 1 aliphatic heterocycles. The molecule has 0 saturated carbocycles. The molecular formula is C21H22F3NO3. The van der Waals surface area contributed by atoms with Crippen LogP contribution in [0.3, 0.4) is 0 Å². The number of carboxylic acids is 1. The highest BCUT2D eigenvalue weighted by atomic mass is 19.4. The number of benzene rings is 2. The molecule has 7 heteroatoms. The van der Waals surface area contributed by atoms with Crippen LogP contribution < -0.4 is 4.74 Å². The Balaban J connectivity index is 2.02. The van der Waals surface area contributed by atoms with Gasteiger partial charge in [0, 0.05) is 5.56 Å². The molecule has 0 aromatic heterocycles. The number of piperidine rings is 1. The second-order valence-electron chi connectivity index (χ2n) is 6.92. The first kappa shape index (κ1) is 20.2. The highest BCUT2D eigenvalue weighted by molar-refractivity contribution is 5.70. The normalized spacial score (nSPS) is 17.3. The maximum Gasteiger partial charge on any atom is 0.416 e. The lowest BCUT2D eigenvalue weighted by atomic mass is 9.90. The second kappa shape index (κ2) is 8.22. The smallest absolute Gasteiger partial charge is 0.416 e. The molecule has 1 fully saturated rings. The highest BCUT2D eigenvalue weighted by Gasteiger charge is 2.34. The number of carboxylic acid groups (broad SMARTS) is 1. The number of likely N-dealkylation sites (tertiary alicyclic amines) is 1. The van der Waals surface area contributed by atoms with Crippen molar-refractivity contribution in [3.05, 3.63) is 65.2 Å². The molecule has 0 aliphatic carbocycles. The Labute approximate surface area is 161 Å². The molecule has 0 spiro atoms. The van der Waals surface area contributed by atoms with E-state index in [1.807, 2.05) is 23.1 Å². The van der Waals surface area contributed by atoms with Gasteiger partial charge >= 0.3 is 12.1 Å². The molecule has 3 rings (SSSR count). The summed E-state index contributed by atoms with van der Waals surface area (Å²) >= 11 is 0.